The summed E-state index contributed by atoms with van der Waals surface area (Å²) in [6.45, 7) is 3.44. The monoisotopic (exact) mass is 376 g/mol. The summed E-state index contributed by atoms with van der Waals surface area (Å²) in [5.74, 6) is -0.0771. The number of para-hydroxylation sites is 1. The molecule has 0 radical (unpaired) electrons. The number of rotatable bonds is 5. The molecule has 4 rings (SSSR count). The van der Waals surface area contributed by atoms with Gasteiger partial charge >= 0.3 is 0 Å². The van der Waals surface area contributed by atoms with E-state index < -0.39 is 0 Å². The second-order valence-corrected chi connectivity index (χ2v) is 7.40. The van der Waals surface area contributed by atoms with Crippen LogP contribution in [0.4, 0.5) is 0 Å². The molecule has 1 aliphatic rings. The van der Waals surface area contributed by atoms with Crippen LogP contribution in [-0.4, -0.2) is 35.0 Å². The fraction of sp³-hybridized carbons (Fsp3) is 0.304. The van der Waals surface area contributed by atoms with Gasteiger partial charge in [-0.25, -0.2) is 0 Å². The molecule has 1 amide bonds. The number of carbonyl (C=O) groups excluding carboxylic acids is 1. The molecule has 1 saturated heterocycles. The smallest absolute Gasteiger partial charge is 0.254 e. The van der Waals surface area contributed by atoms with Gasteiger partial charge in [0.05, 0.1) is 12.6 Å². The van der Waals surface area contributed by atoms with Gasteiger partial charge in [-0.15, -0.1) is 0 Å². The van der Waals surface area contributed by atoms with E-state index in [0.29, 0.717) is 17.7 Å². The van der Waals surface area contributed by atoms with Gasteiger partial charge in [0.1, 0.15) is 0 Å². The highest BCUT2D eigenvalue weighted by atomic mass is 16.5. The number of carbonyl (C=O) groups is 1. The van der Waals surface area contributed by atoms with Gasteiger partial charge in [-0.1, -0.05) is 35.9 Å². The minimum Gasteiger partial charge on any atom is -0.376 e. The largest absolute Gasteiger partial charge is 0.376 e. The maximum Gasteiger partial charge on any atom is 0.254 e. The zero-order valence-electron chi connectivity index (χ0n) is 16.0. The van der Waals surface area contributed by atoms with Gasteiger partial charge in [0, 0.05) is 29.8 Å². The van der Waals surface area contributed by atoms with Crippen LogP contribution in [0.5, 0.6) is 0 Å². The molecule has 0 bridgehead atoms. The first-order valence-corrected chi connectivity index (χ1v) is 9.68. The normalized spacial score (nSPS) is 16.4. The number of nitrogens with zero attached hydrogens (tertiary/aromatic N) is 1. The van der Waals surface area contributed by atoms with E-state index in [1.165, 1.54) is 0 Å². The Morgan fingerprint density at radius 3 is 2.82 bits per heavy atom. The summed E-state index contributed by atoms with van der Waals surface area (Å²) in [6.07, 6.45) is 1.97. The van der Waals surface area contributed by atoms with Gasteiger partial charge in [-0.05, 0) is 49.4 Å². The summed E-state index contributed by atoms with van der Waals surface area (Å²) in [5, 5.41) is 0.956. The lowest BCUT2D eigenvalue weighted by Gasteiger charge is -2.25. The average molecular weight is 376 g/mol. The van der Waals surface area contributed by atoms with Gasteiger partial charge in [-0.2, -0.15) is 0 Å². The van der Waals surface area contributed by atoms with E-state index in [1.54, 1.807) is 4.90 Å². The van der Waals surface area contributed by atoms with Crippen LogP contribution in [0.15, 0.2) is 59.4 Å². The molecule has 1 fully saturated rings. The maximum absolute atomic E-state index is 13.2. The predicted octanol–water partition coefficient (Wildman–Crippen LogP) is 3.66. The predicted molar refractivity (Wildman–Crippen MR) is 109 cm³/mol. The van der Waals surface area contributed by atoms with Crippen LogP contribution in [0.25, 0.3) is 10.9 Å². The first-order chi connectivity index (χ1) is 13.6. The van der Waals surface area contributed by atoms with Gasteiger partial charge in [0.2, 0.25) is 0 Å². The number of hydrogen-bond acceptors (Lipinski definition) is 3. The lowest BCUT2D eigenvalue weighted by molar-refractivity contribution is 0.0506. The number of ether oxygens (including phenoxy) is 1. The molecule has 1 atom stereocenters. The first kappa shape index (κ1) is 18.4. The van der Waals surface area contributed by atoms with Crippen molar-refractivity contribution in [3.05, 3.63) is 81.6 Å². The Morgan fingerprint density at radius 1 is 1.18 bits per heavy atom. The number of aryl methyl sites for hydroxylation is 1. The van der Waals surface area contributed by atoms with Crippen LogP contribution in [0.2, 0.25) is 0 Å². The summed E-state index contributed by atoms with van der Waals surface area (Å²) in [4.78, 5) is 30.5. The minimum absolute atomic E-state index is 0.0216. The van der Waals surface area contributed by atoms with Crippen molar-refractivity contribution in [3.8, 4) is 0 Å². The van der Waals surface area contributed by atoms with E-state index in [1.807, 2.05) is 61.5 Å². The number of hydrogen-bond donors (Lipinski definition) is 1. The minimum atomic E-state index is -0.159. The number of fused-ring (bicyclic) bond motifs is 1. The molecular formula is C23H24N2O3. The highest BCUT2D eigenvalue weighted by Crippen LogP contribution is 2.18. The van der Waals surface area contributed by atoms with E-state index in [2.05, 4.69) is 4.98 Å². The number of aromatic amines is 1. The number of pyridine rings is 1. The molecule has 0 spiro atoms. The summed E-state index contributed by atoms with van der Waals surface area (Å²) in [6, 6.07) is 17.1. The third-order valence-corrected chi connectivity index (χ3v) is 5.19. The molecule has 0 saturated carbocycles. The highest BCUT2D eigenvalue weighted by Gasteiger charge is 2.24. The summed E-state index contributed by atoms with van der Waals surface area (Å²) >= 11 is 0. The Labute approximate surface area is 163 Å². The standard InChI is InChI=1S/C23H24N2O3/c1-16-6-4-8-18(12-16)23(27)25(15-20-9-5-11-28-20)14-19-13-17-7-2-3-10-21(17)24-22(19)26/h2-4,6-8,10,12-13,20H,5,9,11,14-15H2,1H3,(H,24,26)/t20-/m1/s1. The molecule has 144 valence electrons. The quantitative estimate of drug-likeness (QED) is 0.739. The Morgan fingerprint density at radius 2 is 2.04 bits per heavy atom. The van der Waals surface area contributed by atoms with Crippen LogP contribution in [0, 0.1) is 6.92 Å². The van der Waals surface area contributed by atoms with Crippen molar-refractivity contribution in [2.45, 2.75) is 32.4 Å². The van der Waals surface area contributed by atoms with Crippen molar-refractivity contribution in [2.75, 3.05) is 13.2 Å². The number of amides is 1. The summed E-state index contributed by atoms with van der Waals surface area (Å²) in [7, 11) is 0. The van der Waals surface area contributed by atoms with Crippen LogP contribution in [-0.2, 0) is 11.3 Å². The molecule has 2 heterocycles. The molecule has 1 N–H and O–H groups in total. The topological polar surface area (TPSA) is 62.4 Å². The van der Waals surface area contributed by atoms with Crippen molar-refractivity contribution in [2.24, 2.45) is 0 Å². The fourth-order valence-electron chi connectivity index (χ4n) is 3.73. The second kappa shape index (κ2) is 7.98. The molecule has 1 aliphatic heterocycles. The number of benzene rings is 2. The Hall–Kier alpha value is -2.92. The van der Waals surface area contributed by atoms with E-state index >= 15 is 0 Å². The summed E-state index contributed by atoms with van der Waals surface area (Å²) < 4.78 is 5.75. The van der Waals surface area contributed by atoms with Crippen molar-refractivity contribution in [3.63, 3.8) is 0 Å². The first-order valence-electron chi connectivity index (χ1n) is 9.68. The Kier molecular flexibility index (Phi) is 5.26. The van der Waals surface area contributed by atoms with E-state index in [4.69, 9.17) is 4.74 Å². The molecule has 2 aromatic carbocycles. The molecule has 1 aromatic heterocycles. The van der Waals surface area contributed by atoms with Gasteiger partial charge < -0.3 is 14.6 Å². The lowest BCUT2D eigenvalue weighted by Crippen LogP contribution is -2.38. The zero-order valence-corrected chi connectivity index (χ0v) is 16.0. The fourth-order valence-corrected chi connectivity index (χ4v) is 3.73. The Bertz CT molecular complexity index is 1050. The van der Waals surface area contributed by atoms with Crippen molar-refractivity contribution in [1.29, 1.82) is 0 Å². The van der Waals surface area contributed by atoms with Gasteiger partial charge in [0.15, 0.2) is 0 Å². The highest BCUT2D eigenvalue weighted by molar-refractivity contribution is 5.94. The third-order valence-electron chi connectivity index (χ3n) is 5.19. The molecule has 0 unspecified atom stereocenters. The average Bonchev–Trinajstić information content (AvgIpc) is 3.20. The molecule has 5 heteroatoms. The SMILES string of the molecule is Cc1cccc(C(=O)N(Cc2cc3ccccc3[nH]c2=O)C[C@H]2CCCO2)c1. The maximum atomic E-state index is 13.2. The molecule has 28 heavy (non-hydrogen) atoms. The van der Waals surface area contributed by atoms with Crippen LogP contribution < -0.4 is 5.56 Å². The van der Waals surface area contributed by atoms with Crippen molar-refractivity contribution < 1.29 is 9.53 Å². The van der Waals surface area contributed by atoms with E-state index in [-0.39, 0.29) is 24.1 Å². The molecule has 5 nitrogen and oxygen atoms in total. The van der Waals surface area contributed by atoms with Crippen LogP contribution in [0.1, 0.15) is 34.3 Å². The van der Waals surface area contributed by atoms with E-state index in [0.717, 1.165) is 35.9 Å². The zero-order chi connectivity index (χ0) is 19.5. The molecule has 3 aromatic rings. The number of aromatic nitrogens is 1. The number of nitrogens with one attached hydrogen (secondary N) is 1. The number of H-pyrrole nitrogens is 1. The lowest BCUT2D eigenvalue weighted by atomic mass is 10.1. The molecule has 0 aliphatic carbocycles. The van der Waals surface area contributed by atoms with Crippen LogP contribution in [0.3, 0.4) is 0 Å². The molecular weight excluding hydrogens is 352 g/mol. The van der Waals surface area contributed by atoms with Crippen molar-refractivity contribution >= 4 is 16.8 Å². The third kappa shape index (κ3) is 3.99. The Balaban J connectivity index is 1.66. The van der Waals surface area contributed by atoms with Crippen molar-refractivity contribution in [1.82, 2.24) is 9.88 Å². The second-order valence-electron chi connectivity index (χ2n) is 7.40. The van der Waals surface area contributed by atoms with E-state index in [9.17, 15) is 9.59 Å². The van der Waals surface area contributed by atoms with Crippen LogP contribution >= 0.6 is 0 Å². The summed E-state index contributed by atoms with van der Waals surface area (Å²) in [5.41, 5.74) is 2.89. The van der Waals surface area contributed by atoms with Gasteiger partial charge in [0.25, 0.3) is 11.5 Å². The van der Waals surface area contributed by atoms with Gasteiger partial charge in [-0.3, -0.25) is 9.59 Å².